The summed E-state index contributed by atoms with van der Waals surface area (Å²) in [7, 11) is 0. The van der Waals surface area contributed by atoms with Crippen molar-refractivity contribution >= 4 is 11.9 Å². The van der Waals surface area contributed by atoms with E-state index in [9.17, 15) is 9.59 Å². The summed E-state index contributed by atoms with van der Waals surface area (Å²) in [5.74, 6) is -0.374. The summed E-state index contributed by atoms with van der Waals surface area (Å²) in [6.07, 6.45) is 29.0. The van der Waals surface area contributed by atoms with Crippen LogP contribution in [0.3, 0.4) is 0 Å². The molecule has 2 unspecified atom stereocenters. The van der Waals surface area contributed by atoms with Crippen LogP contribution in [0.4, 0.5) is 0 Å². The van der Waals surface area contributed by atoms with E-state index in [1.54, 1.807) is 0 Å². The standard InChI is InChI=1S/C34H70N4O4/c35-29-23-17-11-5-1-3-7-13-19-25-31(37)41-33(39)27-21-15-9-10-16-22-28-34(40)42-32(38)26-20-14-8-4-2-6-12-18-24-30-36/h31-32H,1-30,35-38H2. The zero-order valence-corrected chi connectivity index (χ0v) is 27.3. The molecular formula is C34H70N4O4. The van der Waals surface area contributed by atoms with Crippen LogP contribution in [-0.4, -0.2) is 37.5 Å². The van der Waals surface area contributed by atoms with E-state index in [2.05, 4.69) is 0 Å². The molecule has 8 nitrogen and oxygen atoms in total. The number of hydrogen-bond donors (Lipinski definition) is 4. The molecule has 0 rings (SSSR count). The molecule has 2 atom stereocenters. The number of nitrogens with two attached hydrogens (primary N) is 4. The second-order valence-corrected chi connectivity index (χ2v) is 12.2. The third-order valence-corrected chi connectivity index (χ3v) is 7.96. The molecule has 0 spiro atoms. The van der Waals surface area contributed by atoms with Gasteiger partial charge in [0, 0.05) is 12.8 Å². The first kappa shape index (κ1) is 40.8. The molecule has 0 amide bonds. The first-order chi connectivity index (χ1) is 20.5. The van der Waals surface area contributed by atoms with Crippen molar-refractivity contribution in [3.05, 3.63) is 0 Å². The van der Waals surface area contributed by atoms with Crippen molar-refractivity contribution in [1.29, 1.82) is 0 Å². The quantitative estimate of drug-likeness (QED) is 0.0344. The molecule has 250 valence electrons. The Balaban J connectivity index is 3.45. The SMILES string of the molecule is NCCCCCCCCCCCC(N)OC(=O)CCCCCCCCC(=O)OC(N)CCCCCCCCCCCN. The van der Waals surface area contributed by atoms with Gasteiger partial charge in [-0.2, -0.15) is 0 Å². The molecule has 0 bridgehead atoms. The Hall–Kier alpha value is -1.22. The molecule has 8 heteroatoms. The van der Waals surface area contributed by atoms with Crippen LogP contribution in [0.5, 0.6) is 0 Å². The van der Waals surface area contributed by atoms with Crippen LogP contribution in [0.25, 0.3) is 0 Å². The van der Waals surface area contributed by atoms with Gasteiger partial charge in [0.05, 0.1) is 0 Å². The van der Waals surface area contributed by atoms with Gasteiger partial charge in [0.1, 0.15) is 0 Å². The van der Waals surface area contributed by atoms with E-state index in [0.717, 1.165) is 103 Å². The van der Waals surface area contributed by atoms with Gasteiger partial charge in [0.25, 0.3) is 0 Å². The lowest BCUT2D eigenvalue weighted by atomic mass is 10.1. The Morgan fingerprint density at radius 2 is 0.619 bits per heavy atom. The number of rotatable bonds is 33. The first-order valence-electron chi connectivity index (χ1n) is 17.8. The van der Waals surface area contributed by atoms with Gasteiger partial charge in [-0.05, 0) is 64.5 Å². The molecule has 0 aliphatic rings. The molecule has 0 saturated heterocycles. The second kappa shape index (κ2) is 32.7. The van der Waals surface area contributed by atoms with E-state index in [4.69, 9.17) is 32.4 Å². The summed E-state index contributed by atoms with van der Waals surface area (Å²) >= 11 is 0. The van der Waals surface area contributed by atoms with Gasteiger partial charge in [-0.15, -0.1) is 0 Å². The number of ether oxygens (including phenoxy) is 2. The maximum Gasteiger partial charge on any atom is 0.307 e. The minimum absolute atomic E-state index is 0.187. The van der Waals surface area contributed by atoms with Crippen LogP contribution in [-0.2, 0) is 19.1 Å². The smallest absolute Gasteiger partial charge is 0.307 e. The van der Waals surface area contributed by atoms with Crippen LogP contribution in [0.1, 0.15) is 180 Å². The molecule has 0 radical (unpaired) electrons. The van der Waals surface area contributed by atoms with Gasteiger partial charge >= 0.3 is 11.9 Å². The minimum Gasteiger partial charge on any atom is -0.447 e. The highest BCUT2D eigenvalue weighted by Gasteiger charge is 2.11. The summed E-state index contributed by atoms with van der Waals surface area (Å²) < 4.78 is 10.7. The van der Waals surface area contributed by atoms with Crippen LogP contribution in [0, 0.1) is 0 Å². The topological polar surface area (TPSA) is 157 Å². The van der Waals surface area contributed by atoms with Gasteiger partial charge in [-0.3, -0.25) is 21.1 Å². The Labute approximate surface area is 259 Å². The Morgan fingerprint density at radius 1 is 0.381 bits per heavy atom. The molecule has 0 aromatic carbocycles. The van der Waals surface area contributed by atoms with Crippen LogP contribution in [0.2, 0.25) is 0 Å². The Bertz CT molecular complexity index is 544. The number of unbranched alkanes of at least 4 members (excludes halogenated alkanes) is 21. The van der Waals surface area contributed by atoms with E-state index < -0.39 is 12.5 Å². The van der Waals surface area contributed by atoms with E-state index in [1.807, 2.05) is 0 Å². The lowest BCUT2D eigenvalue weighted by molar-refractivity contribution is -0.150. The summed E-state index contributed by atoms with van der Waals surface area (Å²) in [6.45, 7) is 1.61. The van der Waals surface area contributed by atoms with Gasteiger partial charge in [0.15, 0.2) is 12.5 Å². The lowest BCUT2D eigenvalue weighted by Gasteiger charge is -2.13. The highest BCUT2D eigenvalue weighted by Crippen LogP contribution is 2.14. The monoisotopic (exact) mass is 599 g/mol. The molecule has 8 N–H and O–H groups in total. The zero-order chi connectivity index (χ0) is 30.9. The summed E-state index contributed by atoms with van der Waals surface area (Å²) in [6, 6.07) is 0. The lowest BCUT2D eigenvalue weighted by Crippen LogP contribution is -2.27. The van der Waals surface area contributed by atoms with Crippen molar-refractivity contribution in [2.75, 3.05) is 13.1 Å². The van der Waals surface area contributed by atoms with Gasteiger partial charge in [-0.1, -0.05) is 116 Å². The van der Waals surface area contributed by atoms with Crippen LogP contribution in [0.15, 0.2) is 0 Å². The maximum absolute atomic E-state index is 12.0. The molecule has 0 aliphatic carbocycles. The first-order valence-corrected chi connectivity index (χ1v) is 17.8. The third kappa shape index (κ3) is 31.7. The molecule has 42 heavy (non-hydrogen) atoms. The number of carbonyl (C=O) groups excluding carboxylic acids is 2. The molecule has 0 aromatic heterocycles. The van der Waals surface area contributed by atoms with E-state index in [1.165, 1.54) is 77.0 Å². The average molecular weight is 599 g/mol. The fourth-order valence-corrected chi connectivity index (χ4v) is 5.27. The minimum atomic E-state index is -0.478. The van der Waals surface area contributed by atoms with Crippen molar-refractivity contribution < 1.29 is 19.1 Å². The van der Waals surface area contributed by atoms with Crippen molar-refractivity contribution in [2.24, 2.45) is 22.9 Å². The second-order valence-electron chi connectivity index (χ2n) is 12.2. The van der Waals surface area contributed by atoms with Crippen LogP contribution < -0.4 is 22.9 Å². The highest BCUT2D eigenvalue weighted by molar-refractivity contribution is 5.69. The van der Waals surface area contributed by atoms with E-state index in [0.29, 0.717) is 12.8 Å². The highest BCUT2D eigenvalue weighted by atomic mass is 16.6. The van der Waals surface area contributed by atoms with E-state index >= 15 is 0 Å². The molecular weight excluding hydrogens is 528 g/mol. The third-order valence-electron chi connectivity index (χ3n) is 7.96. The van der Waals surface area contributed by atoms with Crippen LogP contribution >= 0.6 is 0 Å². The normalized spacial score (nSPS) is 12.8. The molecule has 0 aromatic rings. The summed E-state index contributed by atoms with van der Waals surface area (Å²) in [5, 5.41) is 0. The Morgan fingerprint density at radius 3 is 0.905 bits per heavy atom. The zero-order valence-electron chi connectivity index (χ0n) is 27.3. The predicted molar refractivity (Wildman–Crippen MR) is 176 cm³/mol. The molecule has 0 fully saturated rings. The fraction of sp³-hybridized carbons (Fsp3) is 0.941. The summed E-state index contributed by atoms with van der Waals surface area (Å²) in [5.41, 5.74) is 23.0. The largest absolute Gasteiger partial charge is 0.447 e. The molecule has 0 heterocycles. The van der Waals surface area contributed by atoms with Crippen molar-refractivity contribution in [2.45, 2.75) is 192 Å². The summed E-state index contributed by atoms with van der Waals surface area (Å²) in [4.78, 5) is 24.0. The van der Waals surface area contributed by atoms with Gasteiger partial charge in [-0.25, -0.2) is 0 Å². The van der Waals surface area contributed by atoms with Crippen molar-refractivity contribution in [3.8, 4) is 0 Å². The number of carbonyl (C=O) groups is 2. The van der Waals surface area contributed by atoms with Crippen molar-refractivity contribution in [3.63, 3.8) is 0 Å². The molecule has 0 saturated carbocycles. The Kier molecular flexibility index (Phi) is 31.7. The number of hydrogen-bond acceptors (Lipinski definition) is 8. The predicted octanol–water partition coefficient (Wildman–Crippen LogP) is 7.48. The maximum atomic E-state index is 12.0. The average Bonchev–Trinajstić information content (AvgIpc) is 2.96. The van der Waals surface area contributed by atoms with Gasteiger partial charge < -0.3 is 20.9 Å². The number of esters is 2. The molecule has 0 aliphatic heterocycles. The fourth-order valence-electron chi connectivity index (χ4n) is 5.27. The van der Waals surface area contributed by atoms with Crippen molar-refractivity contribution in [1.82, 2.24) is 0 Å². The van der Waals surface area contributed by atoms with E-state index in [-0.39, 0.29) is 11.9 Å². The van der Waals surface area contributed by atoms with Gasteiger partial charge in [0.2, 0.25) is 0 Å².